The smallest absolute Gasteiger partial charge is 0.417 e. The zero-order chi connectivity index (χ0) is 24.7. The molecule has 3 aromatic rings. The quantitative estimate of drug-likeness (QED) is 0.350. The number of allylic oxidation sites excluding steroid dienone is 1. The molecule has 4 nitrogen and oxygen atoms in total. The zero-order valence-electron chi connectivity index (χ0n) is 19.6. The molecule has 0 aliphatic rings. The van der Waals surface area contributed by atoms with Crippen LogP contribution in [0.1, 0.15) is 16.7 Å². The van der Waals surface area contributed by atoms with Gasteiger partial charge >= 0.3 is 6.18 Å². The average Bonchev–Trinajstić information content (AvgIpc) is 2.82. The fourth-order valence-corrected chi connectivity index (χ4v) is 3.48. The van der Waals surface area contributed by atoms with Crippen LogP contribution in [-0.4, -0.2) is 52.5 Å². The van der Waals surface area contributed by atoms with Crippen LogP contribution >= 0.6 is 0 Å². The van der Waals surface area contributed by atoms with Crippen LogP contribution in [-0.2, 0) is 0 Å². The summed E-state index contributed by atoms with van der Waals surface area (Å²) < 4.78 is 59.6. The number of ether oxygens (including phenoxy) is 3. The molecule has 0 aromatic heterocycles. The number of hydrogen-bond donors (Lipinski definition) is 0. The van der Waals surface area contributed by atoms with Crippen LogP contribution in [0.15, 0.2) is 72.8 Å². The summed E-state index contributed by atoms with van der Waals surface area (Å²) in [5.41, 5.74) is 0.227. The first-order valence-electron chi connectivity index (χ1n) is 10.7. The lowest BCUT2D eigenvalue weighted by Gasteiger charge is -2.20. The Hall–Kier alpha value is -3.45. The predicted molar refractivity (Wildman–Crippen MR) is 128 cm³/mol. The SMILES string of the molecule is COc1ccc(/C(=C(\c2ccc(OC)cc2)C(F)(F)F)c2ccc(OCCN(C)C)cc2)cc1. The molecule has 0 spiro atoms. The van der Waals surface area contributed by atoms with E-state index in [1.807, 2.05) is 19.0 Å². The van der Waals surface area contributed by atoms with Gasteiger partial charge in [-0.25, -0.2) is 0 Å². The Morgan fingerprint density at radius 1 is 0.676 bits per heavy atom. The number of halogens is 3. The van der Waals surface area contributed by atoms with E-state index in [1.165, 1.54) is 38.5 Å². The van der Waals surface area contributed by atoms with Gasteiger partial charge in [-0.15, -0.1) is 0 Å². The van der Waals surface area contributed by atoms with Crippen molar-refractivity contribution in [1.82, 2.24) is 4.90 Å². The van der Waals surface area contributed by atoms with Crippen molar-refractivity contribution in [1.29, 1.82) is 0 Å². The van der Waals surface area contributed by atoms with Gasteiger partial charge in [-0.05, 0) is 67.2 Å². The fourth-order valence-electron chi connectivity index (χ4n) is 3.48. The van der Waals surface area contributed by atoms with E-state index in [9.17, 15) is 13.2 Å². The first kappa shape index (κ1) is 25.2. The molecule has 0 saturated carbocycles. The topological polar surface area (TPSA) is 30.9 Å². The van der Waals surface area contributed by atoms with E-state index in [-0.39, 0.29) is 11.1 Å². The highest BCUT2D eigenvalue weighted by Crippen LogP contribution is 2.43. The van der Waals surface area contributed by atoms with Crippen molar-refractivity contribution in [2.75, 3.05) is 41.5 Å². The van der Waals surface area contributed by atoms with Crippen molar-refractivity contribution in [2.45, 2.75) is 6.18 Å². The molecule has 0 atom stereocenters. The molecule has 0 aliphatic carbocycles. The van der Waals surface area contributed by atoms with E-state index in [0.717, 1.165) is 6.54 Å². The largest absolute Gasteiger partial charge is 0.497 e. The fraction of sp³-hybridized carbons (Fsp3) is 0.259. The second-order valence-corrected chi connectivity index (χ2v) is 7.88. The van der Waals surface area contributed by atoms with E-state index in [2.05, 4.69) is 0 Å². The lowest BCUT2D eigenvalue weighted by Crippen LogP contribution is -2.19. The summed E-state index contributed by atoms with van der Waals surface area (Å²) in [6.45, 7) is 1.21. The summed E-state index contributed by atoms with van der Waals surface area (Å²) in [5, 5.41) is 0. The Labute approximate surface area is 198 Å². The van der Waals surface area contributed by atoms with E-state index in [0.29, 0.717) is 35.0 Å². The lowest BCUT2D eigenvalue weighted by atomic mass is 9.89. The Balaban J connectivity index is 2.15. The molecule has 0 bridgehead atoms. The Bertz CT molecular complexity index is 1090. The molecular weight excluding hydrogens is 443 g/mol. The molecule has 0 unspecified atom stereocenters. The minimum Gasteiger partial charge on any atom is -0.497 e. The Morgan fingerprint density at radius 2 is 1.09 bits per heavy atom. The molecule has 0 amide bonds. The van der Waals surface area contributed by atoms with Crippen molar-refractivity contribution in [2.24, 2.45) is 0 Å². The normalized spacial score (nSPS) is 12.4. The summed E-state index contributed by atoms with van der Waals surface area (Å²) in [7, 11) is 6.87. The molecule has 0 saturated heterocycles. The number of nitrogens with zero attached hydrogens (tertiary/aromatic N) is 1. The van der Waals surface area contributed by atoms with Gasteiger partial charge in [0.05, 0.1) is 19.8 Å². The number of rotatable bonds is 9. The van der Waals surface area contributed by atoms with Crippen molar-refractivity contribution < 1.29 is 27.4 Å². The molecule has 0 heterocycles. The van der Waals surface area contributed by atoms with E-state index < -0.39 is 11.7 Å². The van der Waals surface area contributed by atoms with Gasteiger partial charge in [0.1, 0.15) is 23.9 Å². The van der Waals surface area contributed by atoms with Crippen LogP contribution in [0.25, 0.3) is 11.1 Å². The summed E-state index contributed by atoms with van der Waals surface area (Å²) in [6.07, 6.45) is -4.61. The first-order chi connectivity index (χ1) is 16.2. The molecule has 3 aromatic carbocycles. The predicted octanol–water partition coefficient (Wildman–Crippen LogP) is 6.17. The third-order valence-electron chi connectivity index (χ3n) is 5.24. The first-order valence-corrected chi connectivity index (χ1v) is 10.7. The minimum atomic E-state index is -4.61. The monoisotopic (exact) mass is 471 g/mol. The molecule has 0 fully saturated rings. The minimum absolute atomic E-state index is 0.0467. The van der Waals surface area contributed by atoms with E-state index in [4.69, 9.17) is 14.2 Å². The number of benzene rings is 3. The van der Waals surface area contributed by atoms with Gasteiger partial charge in [0.2, 0.25) is 0 Å². The molecule has 0 radical (unpaired) electrons. The Kier molecular flexibility index (Phi) is 8.23. The molecule has 0 aliphatic heterocycles. The number of alkyl halides is 3. The highest BCUT2D eigenvalue weighted by Gasteiger charge is 2.38. The average molecular weight is 472 g/mol. The van der Waals surface area contributed by atoms with E-state index >= 15 is 0 Å². The Morgan fingerprint density at radius 3 is 1.47 bits per heavy atom. The van der Waals surface area contributed by atoms with Crippen molar-refractivity contribution in [3.05, 3.63) is 89.5 Å². The maximum atomic E-state index is 14.5. The van der Waals surface area contributed by atoms with Gasteiger partial charge in [0.15, 0.2) is 0 Å². The molecule has 180 valence electrons. The number of methoxy groups -OCH3 is 2. The van der Waals surface area contributed by atoms with Gasteiger partial charge in [-0.1, -0.05) is 36.4 Å². The van der Waals surface area contributed by atoms with Crippen molar-refractivity contribution >= 4 is 11.1 Å². The third kappa shape index (κ3) is 6.32. The highest BCUT2D eigenvalue weighted by atomic mass is 19.4. The van der Waals surface area contributed by atoms with Gasteiger partial charge in [-0.2, -0.15) is 13.2 Å². The van der Waals surface area contributed by atoms with Crippen molar-refractivity contribution in [3.8, 4) is 17.2 Å². The maximum Gasteiger partial charge on any atom is 0.417 e. The molecule has 3 rings (SSSR count). The van der Waals surface area contributed by atoms with Crippen LogP contribution in [0.4, 0.5) is 13.2 Å². The number of likely N-dealkylation sites (N-methyl/N-ethyl adjacent to an activating group) is 1. The maximum absolute atomic E-state index is 14.5. The van der Waals surface area contributed by atoms with Gasteiger partial charge in [-0.3, -0.25) is 0 Å². The van der Waals surface area contributed by atoms with Gasteiger partial charge < -0.3 is 19.1 Å². The van der Waals surface area contributed by atoms with Crippen LogP contribution in [0, 0.1) is 0 Å². The molecular formula is C27H28F3NO3. The van der Waals surface area contributed by atoms with Crippen molar-refractivity contribution in [3.63, 3.8) is 0 Å². The molecule has 7 heteroatoms. The van der Waals surface area contributed by atoms with E-state index in [1.54, 1.807) is 48.5 Å². The van der Waals surface area contributed by atoms with Crippen LogP contribution in [0.5, 0.6) is 17.2 Å². The summed E-state index contributed by atoms with van der Waals surface area (Å²) >= 11 is 0. The van der Waals surface area contributed by atoms with Crippen LogP contribution < -0.4 is 14.2 Å². The summed E-state index contributed by atoms with van der Waals surface area (Å²) in [5.74, 6) is 1.64. The summed E-state index contributed by atoms with van der Waals surface area (Å²) in [6, 6.07) is 19.1. The second-order valence-electron chi connectivity index (χ2n) is 7.88. The molecule has 34 heavy (non-hydrogen) atoms. The standard InChI is InChI=1S/C27H28F3NO3/c1-31(2)17-18-34-24-15-7-20(8-16-24)25(19-5-11-22(32-3)12-6-19)26(27(28,29)30)21-9-13-23(33-4)14-10-21/h5-16H,17-18H2,1-4H3/b26-25-. The molecule has 0 N–H and O–H groups in total. The van der Waals surface area contributed by atoms with Gasteiger partial charge in [0.25, 0.3) is 0 Å². The highest BCUT2D eigenvalue weighted by molar-refractivity contribution is 6.00. The number of hydrogen-bond acceptors (Lipinski definition) is 4. The second kappa shape index (κ2) is 11.1. The van der Waals surface area contributed by atoms with Crippen LogP contribution in [0.3, 0.4) is 0 Å². The van der Waals surface area contributed by atoms with Gasteiger partial charge in [0, 0.05) is 12.1 Å². The van der Waals surface area contributed by atoms with Crippen LogP contribution in [0.2, 0.25) is 0 Å². The third-order valence-corrected chi connectivity index (χ3v) is 5.24. The lowest BCUT2D eigenvalue weighted by molar-refractivity contribution is -0.0685. The summed E-state index contributed by atoms with van der Waals surface area (Å²) in [4.78, 5) is 1.99. The zero-order valence-corrected chi connectivity index (χ0v) is 19.6.